The SMILES string of the molecule is COc1ccc(Cl)cc1-c1nn(C[C@H](O)C(C)(C)O)cc1NC(=O)c1c(N)nn2ccccc12. The maximum absolute atomic E-state index is 13.3. The second-order valence-electron chi connectivity index (χ2n) is 8.37. The van der Waals surface area contributed by atoms with Crippen molar-refractivity contribution < 1.29 is 19.7 Å². The molecule has 3 heterocycles. The number of hydrogen-bond donors (Lipinski definition) is 4. The zero-order valence-electron chi connectivity index (χ0n) is 18.9. The molecule has 11 heteroatoms. The van der Waals surface area contributed by atoms with Gasteiger partial charge >= 0.3 is 0 Å². The lowest BCUT2D eigenvalue weighted by Crippen LogP contribution is -2.39. The number of halogens is 1. The lowest BCUT2D eigenvalue weighted by molar-refractivity contribution is -0.0566. The highest BCUT2D eigenvalue weighted by Crippen LogP contribution is 2.36. The van der Waals surface area contributed by atoms with Crippen molar-refractivity contribution in [1.29, 1.82) is 0 Å². The molecule has 178 valence electrons. The minimum atomic E-state index is -1.35. The normalized spacial score (nSPS) is 12.6. The molecule has 10 nitrogen and oxygen atoms in total. The molecule has 0 unspecified atom stereocenters. The standard InChI is InChI=1S/C23H25ClN6O4/c1-23(2,33)18(31)12-29-11-15(20(27-29)14-10-13(24)7-8-17(14)34-3)26-22(32)19-16-6-4-5-9-30(16)28-21(19)25/h4-11,18,31,33H,12H2,1-3H3,(H2,25,28)(H,26,32)/t18-/m0/s1. The predicted octanol–water partition coefficient (Wildman–Crippen LogP) is 2.83. The number of pyridine rings is 1. The molecule has 0 aliphatic rings. The first-order valence-electron chi connectivity index (χ1n) is 10.4. The van der Waals surface area contributed by atoms with Crippen molar-refractivity contribution in [3.8, 4) is 17.0 Å². The van der Waals surface area contributed by atoms with Crippen molar-refractivity contribution in [1.82, 2.24) is 19.4 Å². The van der Waals surface area contributed by atoms with Crippen LogP contribution < -0.4 is 15.8 Å². The van der Waals surface area contributed by atoms with E-state index in [-0.39, 0.29) is 17.9 Å². The van der Waals surface area contributed by atoms with Gasteiger partial charge in [-0.2, -0.15) is 5.10 Å². The highest BCUT2D eigenvalue weighted by Gasteiger charge is 2.27. The lowest BCUT2D eigenvalue weighted by atomic mass is 10.0. The topological polar surface area (TPSA) is 140 Å². The van der Waals surface area contributed by atoms with Crippen LogP contribution in [0.15, 0.2) is 48.8 Å². The number of aliphatic hydroxyl groups excluding tert-OH is 1. The number of carbonyl (C=O) groups is 1. The summed E-state index contributed by atoms with van der Waals surface area (Å²) in [7, 11) is 1.51. The Bertz CT molecular complexity index is 1360. The molecule has 0 radical (unpaired) electrons. The van der Waals surface area contributed by atoms with Gasteiger partial charge in [-0.15, -0.1) is 5.10 Å². The van der Waals surface area contributed by atoms with Crippen molar-refractivity contribution in [2.45, 2.75) is 32.1 Å². The number of ether oxygens (including phenoxy) is 1. The first-order chi connectivity index (χ1) is 16.1. The van der Waals surface area contributed by atoms with Crippen LogP contribution >= 0.6 is 11.6 Å². The Balaban J connectivity index is 1.78. The van der Waals surface area contributed by atoms with Crippen LogP contribution in [0.3, 0.4) is 0 Å². The molecule has 0 saturated heterocycles. The zero-order chi connectivity index (χ0) is 24.6. The number of nitrogens with two attached hydrogens (primary N) is 1. The molecule has 1 amide bonds. The first-order valence-corrected chi connectivity index (χ1v) is 10.8. The molecule has 1 aromatic carbocycles. The molecule has 0 spiro atoms. The third-order valence-electron chi connectivity index (χ3n) is 5.40. The summed E-state index contributed by atoms with van der Waals surface area (Å²) < 4.78 is 8.42. The van der Waals surface area contributed by atoms with Gasteiger partial charge in [-0.05, 0) is 44.2 Å². The summed E-state index contributed by atoms with van der Waals surface area (Å²) in [5, 5.41) is 32.5. The lowest BCUT2D eigenvalue weighted by Gasteiger charge is -2.24. The summed E-state index contributed by atoms with van der Waals surface area (Å²) in [6.45, 7) is 2.98. The van der Waals surface area contributed by atoms with Crippen LogP contribution in [0.5, 0.6) is 5.75 Å². The number of aliphatic hydroxyl groups is 2. The van der Waals surface area contributed by atoms with Crippen LogP contribution in [0.25, 0.3) is 16.8 Å². The molecule has 4 aromatic rings. The van der Waals surface area contributed by atoms with E-state index in [0.29, 0.717) is 33.2 Å². The number of carbonyl (C=O) groups excluding carboxylic acids is 1. The van der Waals surface area contributed by atoms with Crippen molar-refractivity contribution in [3.05, 3.63) is 59.4 Å². The Morgan fingerprint density at radius 3 is 2.76 bits per heavy atom. The Kier molecular flexibility index (Phi) is 6.22. The van der Waals surface area contributed by atoms with Gasteiger partial charge in [0, 0.05) is 23.0 Å². The van der Waals surface area contributed by atoms with E-state index in [1.807, 2.05) is 0 Å². The highest BCUT2D eigenvalue weighted by atomic mass is 35.5. The van der Waals surface area contributed by atoms with Gasteiger partial charge in [0.1, 0.15) is 23.1 Å². The van der Waals surface area contributed by atoms with Crippen molar-refractivity contribution in [2.24, 2.45) is 0 Å². The van der Waals surface area contributed by atoms with Crippen LogP contribution in [0, 0.1) is 0 Å². The molecule has 5 N–H and O–H groups in total. The largest absolute Gasteiger partial charge is 0.496 e. The van der Waals surface area contributed by atoms with E-state index < -0.39 is 17.6 Å². The Morgan fingerprint density at radius 2 is 2.06 bits per heavy atom. The Labute approximate surface area is 200 Å². The quantitative estimate of drug-likeness (QED) is 0.316. The molecule has 0 saturated carbocycles. The van der Waals surface area contributed by atoms with Crippen molar-refractivity contribution in [2.75, 3.05) is 18.2 Å². The number of nitrogens with zero attached hydrogens (tertiary/aromatic N) is 4. The fourth-order valence-corrected chi connectivity index (χ4v) is 3.68. The fraction of sp³-hybridized carbons (Fsp3) is 0.261. The minimum absolute atomic E-state index is 0.0197. The average Bonchev–Trinajstić information content (AvgIpc) is 3.32. The van der Waals surface area contributed by atoms with E-state index >= 15 is 0 Å². The second-order valence-corrected chi connectivity index (χ2v) is 8.81. The third kappa shape index (κ3) is 4.56. The minimum Gasteiger partial charge on any atom is -0.496 e. The molecule has 0 aliphatic carbocycles. The van der Waals surface area contributed by atoms with Crippen molar-refractivity contribution >= 4 is 34.5 Å². The summed E-state index contributed by atoms with van der Waals surface area (Å²) in [4.78, 5) is 13.3. The molecule has 34 heavy (non-hydrogen) atoms. The number of fused-ring (bicyclic) bond motifs is 1. The van der Waals surface area contributed by atoms with Gasteiger partial charge in [-0.3, -0.25) is 9.48 Å². The number of nitrogen functional groups attached to an aromatic ring is 1. The third-order valence-corrected chi connectivity index (χ3v) is 5.63. The van der Waals surface area contributed by atoms with E-state index in [9.17, 15) is 15.0 Å². The monoisotopic (exact) mass is 484 g/mol. The first kappa shape index (κ1) is 23.6. The van der Waals surface area contributed by atoms with E-state index in [4.69, 9.17) is 22.1 Å². The van der Waals surface area contributed by atoms with Crippen LogP contribution in [0.2, 0.25) is 5.02 Å². The summed E-state index contributed by atoms with van der Waals surface area (Å²) in [5.74, 6) is 0.0858. The van der Waals surface area contributed by atoms with Gasteiger partial charge in [0.05, 0.1) is 30.5 Å². The van der Waals surface area contributed by atoms with Crippen molar-refractivity contribution in [3.63, 3.8) is 0 Å². The van der Waals surface area contributed by atoms with Gasteiger partial charge in [-0.25, -0.2) is 4.52 Å². The summed E-state index contributed by atoms with van der Waals surface area (Å²) in [6, 6.07) is 10.3. The molecule has 0 fully saturated rings. The predicted molar refractivity (Wildman–Crippen MR) is 129 cm³/mol. The molecule has 3 aromatic heterocycles. The fourth-order valence-electron chi connectivity index (χ4n) is 3.51. The molecule has 0 bridgehead atoms. The second kappa shape index (κ2) is 8.98. The van der Waals surface area contributed by atoms with E-state index in [1.54, 1.807) is 48.8 Å². The molecular formula is C23H25ClN6O4. The van der Waals surface area contributed by atoms with Crippen LogP contribution in [0.4, 0.5) is 11.5 Å². The van der Waals surface area contributed by atoms with Gasteiger partial charge in [0.25, 0.3) is 5.91 Å². The summed E-state index contributed by atoms with van der Waals surface area (Å²) >= 11 is 6.22. The zero-order valence-corrected chi connectivity index (χ0v) is 19.6. The van der Waals surface area contributed by atoms with E-state index in [0.717, 1.165) is 0 Å². The van der Waals surface area contributed by atoms with E-state index in [2.05, 4.69) is 15.5 Å². The number of nitrogens with one attached hydrogen (secondary N) is 1. The number of aromatic nitrogens is 4. The van der Waals surface area contributed by atoms with Crippen LogP contribution in [-0.4, -0.2) is 54.3 Å². The number of hydrogen-bond acceptors (Lipinski definition) is 7. The van der Waals surface area contributed by atoms with Crippen LogP contribution in [-0.2, 0) is 6.54 Å². The average molecular weight is 485 g/mol. The molecule has 0 aliphatic heterocycles. The summed E-state index contributed by atoms with van der Waals surface area (Å²) in [6.07, 6.45) is 2.14. The molecule has 1 atom stereocenters. The Morgan fingerprint density at radius 1 is 1.29 bits per heavy atom. The smallest absolute Gasteiger partial charge is 0.261 e. The van der Waals surface area contributed by atoms with Gasteiger partial charge in [0.2, 0.25) is 0 Å². The van der Waals surface area contributed by atoms with E-state index in [1.165, 1.54) is 30.2 Å². The maximum Gasteiger partial charge on any atom is 0.261 e. The van der Waals surface area contributed by atoms with Gasteiger partial charge < -0.3 is 26.0 Å². The molecular weight excluding hydrogens is 460 g/mol. The van der Waals surface area contributed by atoms with Crippen LogP contribution in [0.1, 0.15) is 24.2 Å². The summed E-state index contributed by atoms with van der Waals surface area (Å²) in [5.41, 5.74) is 6.68. The Hall–Kier alpha value is -3.60. The molecule has 4 rings (SSSR count). The number of methoxy groups -OCH3 is 1. The highest BCUT2D eigenvalue weighted by molar-refractivity contribution is 6.31. The number of rotatable bonds is 7. The maximum atomic E-state index is 13.3. The van der Waals surface area contributed by atoms with Gasteiger partial charge in [-0.1, -0.05) is 17.7 Å². The number of amides is 1. The number of benzene rings is 1. The van der Waals surface area contributed by atoms with Gasteiger partial charge in [0.15, 0.2) is 5.82 Å². The number of anilines is 2.